The van der Waals surface area contributed by atoms with Crippen LogP contribution < -0.4 is 10.6 Å². The van der Waals surface area contributed by atoms with Crippen LogP contribution in [0.3, 0.4) is 0 Å². The molecule has 0 aromatic carbocycles. The van der Waals surface area contributed by atoms with E-state index >= 15 is 0 Å². The highest BCUT2D eigenvalue weighted by atomic mass is 32.1. The van der Waals surface area contributed by atoms with Crippen LogP contribution in [-0.2, 0) is 11.3 Å². The number of rotatable bonds is 5. The van der Waals surface area contributed by atoms with E-state index < -0.39 is 0 Å². The van der Waals surface area contributed by atoms with Gasteiger partial charge in [0, 0.05) is 27.4 Å². The van der Waals surface area contributed by atoms with Crippen molar-refractivity contribution >= 4 is 28.6 Å². The van der Waals surface area contributed by atoms with Crippen molar-refractivity contribution < 1.29 is 4.79 Å². The van der Waals surface area contributed by atoms with Crippen LogP contribution in [0.1, 0.15) is 25.6 Å². The van der Waals surface area contributed by atoms with E-state index in [9.17, 15) is 4.79 Å². The molecule has 0 saturated heterocycles. The Balaban J connectivity index is 1.79. The molecule has 2 aromatic rings. The Kier molecular flexibility index (Phi) is 4.96. The van der Waals surface area contributed by atoms with Gasteiger partial charge >= 0.3 is 0 Å². The standard InChI is InChI=1S/C15H20N2OS2/c1-15(2,3)17-14(18)9-16-8-12-7-11(10-20-12)13-5-4-6-19-13/h4-7,10,16H,8-9H2,1-3H3,(H,17,18). The highest BCUT2D eigenvalue weighted by Gasteiger charge is 2.13. The predicted molar refractivity (Wildman–Crippen MR) is 87.2 cm³/mol. The van der Waals surface area contributed by atoms with E-state index in [2.05, 4.69) is 39.6 Å². The average molecular weight is 308 g/mol. The quantitative estimate of drug-likeness (QED) is 0.888. The van der Waals surface area contributed by atoms with Crippen LogP contribution in [0.4, 0.5) is 0 Å². The Bertz CT molecular complexity index is 553. The molecule has 0 unspecified atom stereocenters. The number of nitrogens with one attached hydrogen (secondary N) is 2. The smallest absolute Gasteiger partial charge is 0.234 e. The summed E-state index contributed by atoms with van der Waals surface area (Å²) in [6, 6.07) is 6.37. The maximum Gasteiger partial charge on any atom is 0.234 e. The van der Waals surface area contributed by atoms with Crippen molar-refractivity contribution in [2.24, 2.45) is 0 Å². The Labute approximate surface area is 128 Å². The number of amides is 1. The first-order chi connectivity index (χ1) is 9.44. The fraction of sp³-hybridized carbons (Fsp3) is 0.400. The molecule has 0 aliphatic rings. The van der Waals surface area contributed by atoms with Crippen LogP contribution >= 0.6 is 22.7 Å². The summed E-state index contributed by atoms with van der Waals surface area (Å²) >= 11 is 3.47. The van der Waals surface area contributed by atoms with E-state index in [0.717, 1.165) is 6.54 Å². The van der Waals surface area contributed by atoms with E-state index in [1.165, 1.54) is 15.3 Å². The first kappa shape index (κ1) is 15.2. The Morgan fingerprint density at radius 3 is 2.75 bits per heavy atom. The number of hydrogen-bond donors (Lipinski definition) is 2. The maximum atomic E-state index is 11.7. The number of thiophene rings is 2. The molecule has 0 fully saturated rings. The molecule has 0 radical (unpaired) electrons. The Morgan fingerprint density at radius 1 is 1.30 bits per heavy atom. The molecule has 5 heteroatoms. The van der Waals surface area contributed by atoms with Crippen LogP contribution in [0, 0.1) is 0 Å². The van der Waals surface area contributed by atoms with E-state index in [4.69, 9.17) is 0 Å². The molecular weight excluding hydrogens is 288 g/mol. The van der Waals surface area contributed by atoms with Gasteiger partial charge in [0.05, 0.1) is 6.54 Å². The average Bonchev–Trinajstić information content (AvgIpc) is 2.96. The van der Waals surface area contributed by atoms with Gasteiger partial charge in [0.15, 0.2) is 0 Å². The van der Waals surface area contributed by atoms with Gasteiger partial charge in [0.25, 0.3) is 0 Å². The monoisotopic (exact) mass is 308 g/mol. The van der Waals surface area contributed by atoms with Gasteiger partial charge in [-0.3, -0.25) is 4.79 Å². The summed E-state index contributed by atoms with van der Waals surface area (Å²) in [6.07, 6.45) is 0. The Hall–Kier alpha value is -1.17. The second-order valence-corrected chi connectivity index (χ2v) is 7.62. The second kappa shape index (κ2) is 6.52. The minimum atomic E-state index is -0.173. The van der Waals surface area contributed by atoms with Crippen molar-refractivity contribution in [2.45, 2.75) is 32.9 Å². The first-order valence-electron chi connectivity index (χ1n) is 6.57. The molecule has 108 valence electrons. The number of carbonyl (C=O) groups is 1. The van der Waals surface area contributed by atoms with Gasteiger partial charge in [0.1, 0.15) is 0 Å². The maximum absolute atomic E-state index is 11.7. The molecule has 0 saturated carbocycles. The van der Waals surface area contributed by atoms with Gasteiger partial charge in [-0.1, -0.05) is 6.07 Å². The molecule has 1 amide bonds. The molecule has 0 aliphatic carbocycles. The lowest BCUT2D eigenvalue weighted by atomic mass is 10.1. The van der Waals surface area contributed by atoms with E-state index in [1.54, 1.807) is 22.7 Å². The van der Waals surface area contributed by atoms with Crippen molar-refractivity contribution in [3.8, 4) is 10.4 Å². The van der Waals surface area contributed by atoms with Gasteiger partial charge in [-0.05, 0) is 43.7 Å². The largest absolute Gasteiger partial charge is 0.350 e. The fourth-order valence-corrected chi connectivity index (χ4v) is 3.45. The summed E-state index contributed by atoms with van der Waals surface area (Å²) < 4.78 is 0. The molecule has 0 spiro atoms. The third kappa shape index (κ3) is 4.74. The topological polar surface area (TPSA) is 41.1 Å². The lowest BCUT2D eigenvalue weighted by Gasteiger charge is -2.20. The zero-order chi connectivity index (χ0) is 14.6. The van der Waals surface area contributed by atoms with Crippen LogP contribution in [-0.4, -0.2) is 18.0 Å². The molecule has 0 atom stereocenters. The molecule has 2 rings (SSSR count). The zero-order valence-electron chi connectivity index (χ0n) is 12.0. The third-order valence-corrected chi connectivity index (χ3v) is 4.41. The molecule has 2 N–H and O–H groups in total. The van der Waals surface area contributed by atoms with E-state index in [1.807, 2.05) is 20.8 Å². The van der Waals surface area contributed by atoms with Crippen LogP contribution in [0.5, 0.6) is 0 Å². The van der Waals surface area contributed by atoms with Crippen molar-refractivity contribution in [3.63, 3.8) is 0 Å². The summed E-state index contributed by atoms with van der Waals surface area (Å²) in [5.74, 6) is 0.0348. The predicted octanol–water partition coefficient (Wildman–Crippen LogP) is 3.48. The summed E-state index contributed by atoms with van der Waals surface area (Å²) in [5.41, 5.74) is 1.09. The molecule has 3 nitrogen and oxygen atoms in total. The van der Waals surface area contributed by atoms with E-state index in [-0.39, 0.29) is 11.4 Å². The van der Waals surface area contributed by atoms with Gasteiger partial charge < -0.3 is 10.6 Å². The number of hydrogen-bond acceptors (Lipinski definition) is 4. The van der Waals surface area contributed by atoms with Crippen molar-refractivity contribution in [1.82, 2.24) is 10.6 Å². The highest BCUT2D eigenvalue weighted by Crippen LogP contribution is 2.29. The van der Waals surface area contributed by atoms with Crippen LogP contribution in [0.2, 0.25) is 0 Å². The third-order valence-electron chi connectivity index (χ3n) is 2.56. The summed E-state index contributed by atoms with van der Waals surface area (Å²) in [7, 11) is 0. The molecule has 2 heterocycles. The van der Waals surface area contributed by atoms with Crippen molar-refractivity contribution in [3.05, 3.63) is 33.8 Å². The normalized spacial score (nSPS) is 11.6. The lowest BCUT2D eigenvalue weighted by Crippen LogP contribution is -2.44. The number of carbonyl (C=O) groups excluding carboxylic acids is 1. The lowest BCUT2D eigenvalue weighted by molar-refractivity contribution is -0.121. The molecule has 20 heavy (non-hydrogen) atoms. The van der Waals surface area contributed by atoms with Crippen molar-refractivity contribution in [2.75, 3.05) is 6.54 Å². The minimum Gasteiger partial charge on any atom is -0.350 e. The second-order valence-electron chi connectivity index (χ2n) is 5.68. The van der Waals surface area contributed by atoms with E-state index in [0.29, 0.717) is 6.54 Å². The zero-order valence-corrected chi connectivity index (χ0v) is 13.7. The fourth-order valence-electron chi connectivity index (χ4n) is 1.81. The summed E-state index contributed by atoms with van der Waals surface area (Å²) in [5, 5.41) is 10.4. The van der Waals surface area contributed by atoms with Crippen molar-refractivity contribution in [1.29, 1.82) is 0 Å². The van der Waals surface area contributed by atoms with Gasteiger partial charge in [-0.2, -0.15) is 0 Å². The molecule has 0 aliphatic heterocycles. The molecular formula is C15H20N2OS2. The highest BCUT2D eigenvalue weighted by molar-refractivity contribution is 7.14. The Morgan fingerprint density at radius 2 is 2.10 bits per heavy atom. The molecule has 2 aromatic heterocycles. The van der Waals surface area contributed by atoms with Gasteiger partial charge in [-0.15, -0.1) is 22.7 Å². The first-order valence-corrected chi connectivity index (χ1v) is 8.33. The van der Waals surface area contributed by atoms with Crippen LogP contribution in [0.25, 0.3) is 10.4 Å². The van der Waals surface area contributed by atoms with Crippen LogP contribution in [0.15, 0.2) is 29.0 Å². The summed E-state index contributed by atoms with van der Waals surface area (Å²) in [4.78, 5) is 14.2. The van der Waals surface area contributed by atoms with Gasteiger partial charge in [-0.25, -0.2) is 0 Å². The molecule has 0 bridgehead atoms. The SMILES string of the molecule is CC(C)(C)NC(=O)CNCc1cc(-c2cccs2)cs1. The minimum absolute atomic E-state index is 0.0348. The van der Waals surface area contributed by atoms with Gasteiger partial charge in [0.2, 0.25) is 5.91 Å². The summed E-state index contributed by atoms with van der Waals surface area (Å²) in [6.45, 7) is 7.03.